The van der Waals surface area contributed by atoms with Gasteiger partial charge in [-0.1, -0.05) is 121 Å². The van der Waals surface area contributed by atoms with Crippen molar-refractivity contribution in [2.24, 2.45) is 11.3 Å². The molecule has 1 aliphatic heterocycles. The van der Waals surface area contributed by atoms with Gasteiger partial charge in [-0.05, 0) is 91.0 Å². The first-order valence-corrected chi connectivity index (χ1v) is 15.7. The molecule has 0 amide bonds. The highest BCUT2D eigenvalue weighted by Crippen LogP contribution is 2.45. The van der Waals surface area contributed by atoms with Gasteiger partial charge in [-0.3, -0.25) is 0 Å². The Labute approximate surface area is 229 Å². The fraction of sp³-hybridized carbons (Fsp3) is 0.667. The average Bonchev–Trinajstić information content (AvgIpc) is 3.30. The molecule has 0 bridgehead atoms. The molecule has 1 atom stereocenters. The van der Waals surface area contributed by atoms with Crippen LogP contribution < -0.4 is 0 Å². The summed E-state index contributed by atoms with van der Waals surface area (Å²) in [6, 6.07) is 19.6. The second kappa shape index (κ2) is 13.0. The number of likely N-dealkylation sites (tertiary alicyclic amines) is 1. The summed E-state index contributed by atoms with van der Waals surface area (Å²) in [5, 5.41) is 0. The van der Waals surface area contributed by atoms with Crippen molar-refractivity contribution >= 4 is 0 Å². The lowest BCUT2D eigenvalue weighted by Crippen LogP contribution is -2.33. The molecule has 204 valence electrons. The Morgan fingerprint density at radius 1 is 0.676 bits per heavy atom. The molecule has 0 radical (unpaired) electrons. The molecule has 1 nitrogen and oxygen atoms in total. The highest BCUT2D eigenvalue weighted by atomic mass is 15.2. The molecule has 0 aromatic heterocycles. The third kappa shape index (κ3) is 7.95. The molecule has 1 aliphatic carbocycles. The molecule has 2 fully saturated rings. The van der Waals surface area contributed by atoms with Gasteiger partial charge in [0.25, 0.3) is 0 Å². The van der Waals surface area contributed by atoms with E-state index in [2.05, 4.69) is 88.0 Å². The maximum atomic E-state index is 2.65. The molecular formula is C36H55N. The molecule has 4 rings (SSSR count). The summed E-state index contributed by atoms with van der Waals surface area (Å²) in [6.45, 7) is 14.9. The largest absolute Gasteiger partial charge is 0.300 e. The maximum Gasteiger partial charge on any atom is 0.00675 e. The van der Waals surface area contributed by atoms with E-state index in [0.717, 1.165) is 18.4 Å². The van der Waals surface area contributed by atoms with Gasteiger partial charge in [-0.2, -0.15) is 0 Å². The van der Waals surface area contributed by atoms with Crippen LogP contribution in [0.2, 0.25) is 0 Å². The number of rotatable bonds is 8. The number of benzene rings is 2. The molecule has 1 heteroatoms. The quantitative estimate of drug-likeness (QED) is 0.348. The van der Waals surface area contributed by atoms with Gasteiger partial charge in [0.15, 0.2) is 0 Å². The van der Waals surface area contributed by atoms with Crippen LogP contribution in [0.15, 0.2) is 48.5 Å². The van der Waals surface area contributed by atoms with Crippen LogP contribution in [0.4, 0.5) is 0 Å². The smallest absolute Gasteiger partial charge is 0.00675 e. The van der Waals surface area contributed by atoms with Crippen LogP contribution in [-0.4, -0.2) is 24.0 Å². The van der Waals surface area contributed by atoms with E-state index in [9.17, 15) is 0 Å². The number of hydrogen-bond donors (Lipinski definition) is 0. The van der Waals surface area contributed by atoms with Crippen LogP contribution in [0, 0.1) is 11.3 Å². The third-order valence-electron chi connectivity index (χ3n) is 9.94. The van der Waals surface area contributed by atoms with Gasteiger partial charge in [0.05, 0.1) is 0 Å². The van der Waals surface area contributed by atoms with Crippen molar-refractivity contribution in [1.82, 2.24) is 4.90 Å². The zero-order valence-corrected chi connectivity index (χ0v) is 24.8. The van der Waals surface area contributed by atoms with Crippen molar-refractivity contribution in [2.45, 2.75) is 130 Å². The molecule has 1 saturated heterocycles. The summed E-state index contributed by atoms with van der Waals surface area (Å²) in [4.78, 5) is 2.65. The summed E-state index contributed by atoms with van der Waals surface area (Å²) in [5.41, 5.74) is 6.19. The van der Waals surface area contributed by atoms with Gasteiger partial charge in [0.1, 0.15) is 0 Å². The Bertz CT molecular complexity index is 926. The van der Waals surface area contributed by atoms with Crippen molar-refractivity contribution in [3.8, 4) is 11.1 Å². The molecule has 1 heterocycles. The van der Waals surface area contributed by atoms with Crippen molar-refractivity contribution in [3.63, 3.8) is 0 Å². The average molecular weight is 502 g/mol. The highest BCUT2D eigenvalue weighted by molar-refractivity contribution is 5.64. The Hall–Kier alpha value is -1.60. The summed E-state index contributed by atoms with van der Waals surface area (Å²) in [6.07, 6.45) is 18.1. The fourth-order valence-electron chi connectivity index (χ4n) is 7.55. The summed E-state index contributed by atoms with van der Waals surface area (Å²) < 4.78 is 0. The lowest BCUT2D eigenvalue weighted by Gasteiger charge is -2.41. The van der Waals surface area contributed by atoms with E-state index in [4.69, 9.17) is 0 Å². The molecule has 37 heavy (non-hydrogen) atoms. The summed E-state index contributed by atoms with van der Waals surface area (Å²) in [7, 11) is 0. The van der Waals surface area contributed by atoms with Gasteiger partial charge < -0.3 is 4.90 Å². The van der Waals surface area contributed by atoms with Crippen LogP contribution in [0.5, 0.6) is 0 Å². The highest BCUT2D eigenvalue weighted by Gasteiger charge is 2.35. The van der Waals surface area contributed by atoms with Gasteiger partial charge in [-0.25, -0.2) is 0 Å². The van der Waals surface area contributed by atoms with Crippen LogP contribution in [0.1, 0.15) is 123 Å². The van der Waals surface area contributed by atoms with Gasteiger partial charge in [-0.15, -0.1) is 0 Å². The van der Waals surface area contributed by atoms with Crippen molar-refractivity contribution in [3.05, 3.63) is 59.7 Å². The minimum absolute atomic E-state index is 0.188. The topological polar surface area (TPSA) is 3.24 Å². The Kier molecular flexibility index (Phi) is 9.96. The second-order valence-corrected chi connectivity index (χ2v) is 13.8. The second-order valence-electron chi connectivity index (χ2n) is 13.8. The van der Waals surface area contributed by atoms with Crippen molar-refractivity contribution in [2.75, 3.05) is 13.1 Å². The van der Waals surface area contributed by atoms with E-state index in [1.807, 2.05) is 0 Å². The summed E-state index contributed by atoms with van der Waals surface area (Å²) in [5.74, 6) is 0.858. The molecule has 2 aromatic rings. The lowest BCUT2D eigenvalue weighted by molar-refractivity contribution is 0.130. The third-order valence-corrected chi connectivity index (χ3v) is 9.94. The Morgan fingerprint density at radius 2 is 1.22 bits per heavy atom. The minimum Gasteiger partial charge on any atom is -0.300 e. The van der Waals surface area contributed by atoms with E-state index in [0.29, 0.717) is 5.41 Å². The molecule has 2 aromatic carbocycles. The molecule has 1 saturated carbocycles. The van der Waals surface area contributed by atoms with E-state index in [1.54, 1.807) is 0 Å². The van der Waals surface area contributed by atoms with E-state index in [1.165, 1.54) is 112 Å². The molecule has 2 aliphatic rings. The Balaban J connectivity index is 1.36. The Morgan fingerprint density at radius 3 is 1.76 bits per heavy atom. The predicted molar refractivity (Wildman–Crippen MR) is 162 cm³/mol. The first-order chi connectivity index (χ1) is 17.7. The molecule has 0 N–H and O–H groups in total. The zero-order chi connectivity index (χ0) is 26.3. The molecular weight excluding hydrogens is 446 g/mol. The lowest BCUT2D eigenvalue weighted by atomic mass is 9.63. The SMILES string of the molecule is C[C@@H]1CCCN1CCc1ccc(-c2ccc(C(C)(C)CC(C)(C)C3CCCCCCCCC3)cc2)cc1. The van der Waals surface area contributed by atoms with E-state index >= 15 is 0 Å². The van der Waals surface area contributed by atoms with Crippen LogP contribution in [0.3, 0.4) is 0 Å². The number of hydrogen-bond acceptors (Lipinski definition) is 1. The van der Waals surface area contributed by atoms with Crippen LogP contribution in [0.25, 0.3) is 11.1 Å². The minimum atomic E-state index is 0.188. The van der Waals surface area contributed by atoms with Gasteiger partial charge in [0.2, 0.25) is 0 Å². The van der Waals surface area contributed by atoms with Crippen LogP contribution in [-0.2, 0) is 11.8 Å². The predicted octanol–water partition coefficient (Wildman–Crippen LogP) is 10.2. The first-order valence-electron chi connectivity index (χ1n) is 15.7. The van der Waals surface area contributed by atoms with Gasteiger partial charge >= 0.3 is 0 Å². The standard InChI is InChI=1S/C36H55N/c1-29-14-13-26-37(29)27-25-30-17-19-31(20-18-30)32-21-23-34(24-22-32)36(4,5)28-35(2,3)33-15-11-9-7-6-8-10-12-16-33/h17-24,29,33H,6-16,25-28H2,1-5H3/t29-/m1/s1. The summed E-state index contributed by atoms with van der Waals surface area (Å²) >= 11 is 0. The molecule has 0 spiro atoms. The monoisotopic (exact) mass is 501 g/mol. The molecule has 0 unspecified atom stereocenters. The number of nitrogens with zero attached hydrogens (tertiary/aromatic N) is 1. The fourth-order valence-corrected chi connectivity index (χ4v) is 7.55. The maximum absolute atomic E-state index is 2.65. The normalized spacial score (nSPS) is 21.3. The van der Waals surface area contributed by atoms with Gasteiger partial charge in [0, 0.05) is 12.6 Å². The van der Waals surface area contributed by atoms with E-state index in [-0.39, 0.29) is 5.41 Å². The van der Waals surface area contributed by atoms with Crippen molar-refractivity contribution in [1.29, 1.82) is 0 Å². The van der Waals surface area contributed by atoms with Crippen LogP contribution >= 0.6 is 0 Å². The van der Waals surface area contributed by atoms with E-state index < -0.39 is 0 Å². The first kappa shape index (κ1) is 28.4. The van der Waals surface area contributed by atoms with Crippen molar-refractivity contribution < 1.29 is 0 Å². The zero-order valence-electron chi connectivity index (χ0n) is 24.8.